The number of hydrogen-bond acceptors (Lipinski definition) is 5. The molecule has 8 heteroatoms. The number of hydrogen-bond donors (Lipinski definition) is 0. The molecular formula is C26H15BrClNO5. The van der Waals surface area contributed by atoms with E-state index in [-0.39, 0.29) is 11.1 Å². The lowest BCUT2D eigenvalue weighted by atomic mass is 9.77. The number of anilines is 1. The van der Waals surface area contributed by atoms with Crippen molar-refractivity contribution in [3.05, 3.63) is 99.0 Å². The Labute approximate surface area is 207 Å². The van der Waals surface area contributed by atoms with Crippen LogP contribution in [0.25, 0.3) is 0 Å². The minimum absolute atomic E-state index is 0.202. The van der Waals surface area contributed by atoms with E-state index in [1.165, 1.54) is 0 Å². The topological polar surface area (TPSA) is 80.8 Å². The normalized spacial score (nSPS) is 24.8. The second-order valence-corrected chi connectivity index (χ2v) is 9.87. The molecule has 2 heterocycles. The van der Waals surface area contributed by atoms with Gasteiger partial charge in [0.1, 0.15) is 0 Å². The minimum atomic E-state index is -2.08. The molecule has 6 rings (SSSR count). The number of ether oxygens (including phenoxy) is 1. The summed E-state index contributed by atoms with van der Waals surface area (Å²) < 4.78 is 7.07. The summed E-state index contributed by atoms with van der Waals surface area (Å²) in [5, 5.41) is 0.451. The lowest BCUT2D eigenvalue weighted by Crippen LogP contribution is -2.51. The average Bonchev–Trinajstić information content (AvgIpc) is 3.40. The third-order valence-corrected chi connectivity index (χ3v) is 7.58. The van der Waals surface area contributed by atoms with Crippen molar-refractivity contribution in [3.63, 3.8) is 0 Å². The zero-order chi connectivity index (χ0) is 23.8. The van der Waals surface area contributed by atoms with Crippen LogP contribution in [0.15, 0.2) is 77.3 Å². The van der Waals surface area contributed by atoms with E-state index in [0.29, 0.717) is 16.3 Å². The monoisotopic (exact) mass is 535 g/mol. The number of rotatable bonds is 2. The van der Waals surface area contributed by atoms with Gasteiger partial charge in [0.2, 0.25) is 29.0 Å². The first-order chi connectivity index (χ1) is 16.3. The number of carbonyl (C=O) groups is 4. The molecule has 3 aliphatic rings. The maximum atomic E-state index is 13.8. The van der Waals surface area contributed by atoms with Gasteiger partial charge in [-0.15, -0.1) is 0 Å². The molecule has 6 nitrogen and oxygen atoms in total. The second kappa shape index (κ2) is 7.43. The van der Waals surface area contributed by atoms with Crippen LogP contribution in [-0.4, -0.2) is 29.0 Å². The van der Waals surface area contributed by atoms with Crippen LogP contribution in [0, 0.1) is 11.8 Å². The predicted octanol–water partition coefficient (Wildman–Crippen LogP) is 4.80. The number of halogens is 2. The number of carbonyl (C=O) groups excluding carboxylic acids is 4. The fourth-order valence-corrected chi connectivity index (χ4v) is 5.71. The third-order valence-electron chi connectivity index (χ3n) is 6.80. The van der Waals surface area contributed by atoms with Gasteiger partial charge in [0.05, 0.1) is 23.6 Å². The quantitative estimate of drug-likeness (QED) is 0.347. The summed E-state index contributed by atoms with van der Waals surface area (Å²) in [7, 11) is 0. The maximum Gasteiger partial charge on any atom is 0.241 e. The van der Waals surface area contributed by atoms with Gasteiger partial charge in [-0.1, -0.05) is 63.9 Å². The van der Waals surface area contributed by atoms with E-state index in [2.05, 4.69) is 15.9 Å². The van der Waals surface area contributed by atoms with Crippen molar-refractivity contribution in [1.82, 2.24) is 0 Å². The maximum absolute atomic E-state index is 13.8. The Kier molecular flexibility index (Phi) is 4.68. The Balaban J connectivity index is 1.54. The van der Waals surface area contributed by atoms with Gasteiger partial charge in [0.15, 0.2) is 0 Å². The van der Waals surface area contributed by atoms with E-state index < -0.39 is 46.9 Å². The summed E-state index contributed by atoms with van der Waals surface area (Å²) >= 11 is 9.38. The SMILES string of the molecule is O=C1[C@@H]2[C@@H](C(=O)N1c1ccc(Cl)cc1)C1(O[C@H]2c2ccc(Br)cc2)C(=O)c2ccccc2C1=O. The van der Waals surface area contributed by atoms with Crippen LogP contribution in [0.3, 0.4) is 0 Å². The highest BCUT2D eigenvalue weighted by atomic mass is 79.9. The number of amides is 2. The van der Waals surface area contributed by atoms with Gasteiger partial charge in [-0.05, 0) is 42.0 Å². The summed E-state index contributed by atoms with van der Waals surface area (Å²) in [4.78, 5) is 55.9. The zero-order valence-corrected chi connectivity index (χ0v) is 19.7. The fourth-order valence-electron chi connectivity index (χ4n) is 5.32. The first-order valence-electron chi connectivity index (χ1n) is 10.6. The van der Waals surface area contributed by atoms with Crippen molar-refractivity contribution in [3.8, 4) is 0 Å². The zero-order valence-electron chi connectivity index (χ0n) is 17.4. The van der Waals surface area contributed by atoms with E-state index in [0.717, 1.165) is 9.37 Å². The average molecular weight is 537 g/mol. The van der Waals surface area contributed by atoms with Crippen molar-refractivity contribution in [2.24, 2.45) is 11.8 Å². The van der Waals surface area contributed by atoms with E-state index in [1.54, 1.807) is 72.8 Å². The second-order valence-electron chi connectivity index (χ2n) is 8.52. The van der Waals surface area contributed by atoms with Crippen LogP contribution < -0.4 is 4.90 Å². The van der Waals surface area contributed by atoms with Gasteiger partial charge in [-0.2, -0.15) is 0 Å². The molecule has 3 aromatic carbocycles. The molecule has 168 valence electrons. The summed E-state index contributed by atoms with van der Waals surface area (Å²) in [6, 6.07) is 19.8. The number of fused-ring (bicyclic) bond motifs is 3. The van der Waals surface area contributed by atoms with E-state index >= 15 is 0 Å². The molecule has 2 amide bonds. The Morgan fingerprint density at radius 3 is 1.97 bits per heavy atom. The molecule has 1 spiro atoms. The van der Waals surface area contributed by atoms with Crippen molar-refractivity contribution in [2.75, 3.05) is 4.90 Å². The molecule has 2 aliphatic heterocycles. The molecule has 1 aliphatic carbocycles. The van der Waals surface area contributed by atoms with Crippen LogP contribution in [0.4, 0.5) is 5.69 Å². The fraction of sp³-hybridized carbons (Fsp3) is 0.154. The smallest absolute Gasteiger partial charge is 0.241 e. The number of Topliss-reactive ketones (excluding diaryl/α,β-unsaturated/α-hetero) is 2. The molecule has 0 radical (unpaired) electrons. The van der Waals surface area contributed by atoms with Crippen LogP contribution in [0.5, 0.6) is 0 Å². The Morgan fingerprint density at radius 2 is 1.38 bits per heavy atom. The molecular weight excluding hydrogens is 522 g/mol. The summed E-state index contributed by atoms with van der Waals surface area (Å²) in [6.07, 6.45) is -0.950. The molecule has 2 saturated heterocycles. The van der Waals surface area contributed by atoms with Gasteiger partial charge < -0.3 is 4.74 Å². The van der Waals surface area contributed by atoms with Crippen molar-refractivity contribution >= 4 is 56.6 Å². The van der Waals surface area contributed by atoms with Crippen LogP contribution in [-0.2, 0) is 14.3 Å². The molecule has 0 unspecified atom stereocenters. The standard InChI is InChI=1S/C26H15BrClNO5/c27-14-7-5-13(6-8-14)21-19-20(25(33)29(24(19)32)16-11-9-15(28)10-12-16)26(34-21)22(30)17-3-1-2-4-18(17)23(26)31/h1-12,19-21H/t19-,20+,21+/m1/s1. The molecule has 3 atom stereocenters. The van der Waals surface area contributed by atoms with Crippen LogP contribution in [0.2, 0.25) is 5.02 Å². The Bertz CT molecular complexity index is 1370. The molecule has 0 N–H and O–H groups in total. The highest BCUT2D eigenvalue weighted by Crippen LogP contribution is 2.57. The van der Waals surface area contributed by atoms with Crippen LogP contribution >= 0.6 is 27.5 Å². The molecule has 2 fully saturated rings. The van der Waals surface area contributed by atoms with Crippen molar-refractivity contribution < 1.29 is 23.9 Å². The molecule has 0 aromatic heterocycles. The summed E-state index contributed by atoms with van der Waals surface area (Å²) in [6.45, 7) is 0. The summed E-state index contributed by atoms with van der Waals surface area (Å²) in [5.74, 6) is -4.63. The van der Waals surface area contributed by atoms with Gasteiger partial charge >= 0.3 is 0 Å². The highest BCUT2D eigenvalue weighted by Gasteiger charge is 2.74. The van der Waals surface area contributed by atoms with Gasteiger partial charge in [-0.3, -0.25) is 19.2 Å². The first kappa shape index (κ1) is 21.4. The highest BCUT2D eigenvalue weighted by molar-refractivity contribution is 9.10. The predicted molar refractivity (Wildman–Crippen MR) is 127 cm³/mol. The number of ketones is 2. The lowest BCUT2D eigenvalue weighted by molar-refractivity contribution is -0.127. The molecule has 0 bridgehead atoms. The number of nitrogens with zero attached hydrogens (tertiary/aromatic N) is 1. The van der Waals surface area contributed by atoms with Crippen molar-refractivity contribution in [2.45, 2.75) is 11.7 Å². The number of benzene rings is 3. The van der Waals surface area contributed by atoms with E-state index in [9.17, 15) is 19.2 Å². The number of imide groups is 1. The van der Waals surface area contributed by atoms with Gasteiger partial charge in [-0.25, -0.2) is 4.90 Å². The first-order valence-corrected chi connectivity index (χ1v) is 11.8. The van der Waals surface area contributed by atoms with Crippen molar-refractivity contribution in [1.29, 1.82) is 0 Å². The molecule has 0 saturated carbocycles. The lowest BCUT2D eigenvalue weighted by Gasteiger charge is -2.27. The van der Waals surface area contributed by atoms with E-state index in [1.807, 2.05) is 0 Å². The largest absolute Gasteiger partial charge is 0.349 e. The van der Waals surface area contributed by atoms with Gasteiger partial charge in [0.25, 0.3) is 0 Å². The Hall–Kier alpha value is -3.13. The minimum Gasteiger partial charge on any atom is -0.349 e. The molecule has 34 heavy (non-hydrogen) atoms. The summed E-state index contributed by atoms with van der Waals surface area (Å²) in [5.41, 5.74) is -0.750. The molecule has 3 aromatic rings. The van der Waals surface area contributed by atoms with E-state index in [4.69, 9.17) is 16.3 Å². The van der Waals surface area contributed by atoms with Crippen LogP contribution in [0.1, 0.15) is 32.4 Å². The Morgan fingerprint density at radius 1 is 0.794 bits per heavy atom. The van der Waals surface area contributed by atoms with Gasteiger partial charge in [0, 0.05) is 20.6 Å². The third kappa shape index (κ3) is 2.72.